The van der Waals surface area contributed by atoms with Gasteiger partial charge in [0.15, 0.2) is 0 Å². The lowest BCUT2D eigenvalue weighted by molar-refractivity contribution is 0.430. The molecule has 0 radical (unpaired) electrons. The molecule has 0 aliphatic carbocycles. The Morgan fingerprint density at radius 2 is 2.10 bits per heavy atom. The fourth-order valence-corrected chi connectivity index (χ4v) is 3.11. The van der Waals surface area contributed by atoms with Crippen LogP contribution >= 0.6 is 0 Å². The third-order valence-electron chi connectivity index (χ3n) is 4.31. The van der Waals surface area contributed by atoms with E-state index in [1.807, 2.05) is 0 Å². The van der Waals surface area contributed by atoms with Crippen LogP contribution in [0.5, 0.6) is 0 Å². The van der Waals surface area contributed by atoms with Gasteiger partial charge in [0.25, 0.3) is 0 Å². The van der Waals surface area contributed by atoms with Crippen LogP contribution < -0.4 is 16.2 Å². The van der Waals surface area contributed by atoms with Gasteiger partial charge in [0.2, 0.25) is 0 Å². The van der Waals surface area contributed by atoms with Crippen molar-refractivity contribution < 1.29 is 0 Å². The summed E-state index contributed by atoms with van der Waals surface area (Å²) in [5, 5.41) is 0. The minimum atomic E-state index is 0.297. The molecular weight excluding hydrogens is 262 g/mol. The van der Waals surface area contributed by atoms with Crippen LogP contribution in [0.15, 0.2) is 0 Å². The van der Waals surface area contributed by atoms with E-state index in [0.717, 1.165) is 29.6 Å². The van der Waals surface area contributed by atoms with E-state index in [1.54, 1.807) is 0 Å². The highest BCUT2D eigenvalue weighted by molar-refractivity contribution is 5.59. The van der Waals surface area contributed by atoms with Gasteiger partial charge in [0, 0.05) is 24.1 Å². The molecule has 0 amide bonds. The zero-order valence-electron chi connectivity index (χ0n) is 13.8. The fourth-order valence-electron chi connectivity index (χ4n) is 3.11. The van der Waals surface area contributed by atoms with Crippen LogP contribution in [0.25, 0.3) is 0 Å². The molecule has 0 bridgehead atoms. The number of nitrogen functional groups attached to an aromatic ring is 1. The highest BCUT2D eigenvalue weighted by Crippen LogP contribution is 2.31. The van der Waals surface area contributed by atoms with E-state index in [2.05, 4.69) is 43.0 Å². The van der Waals surface area contributed by atoms with Crippen molar-refractivity contribution in [2.75, 3.05) is 16.9 Å². The molecule has 2 rings (SSSR count). The van der Waals surface area contributed by atoms with E-state index in [0.29, 0.717) is 12.0 Å². The molecule has 5 nitrogen and oxygen atoms in total. The minimum absolute atomic E-state index is 0.297. The second-order valence-corrected chi connectivity index (χ2v) is 6.31. The Labute approximate surface area is 128 Å². The van der Waals surface area contributed by atoms with E-state index in [-0.39, 0.29) is 0 Å². The number of rotatable bonds is 5. The second kappa shape index (κ2) is 7.07. The Hall–Kier alpha value is -1.36. The van der Waals surface area contributed by atoms with Gasteiger partial charge in [-0.15, -0.1) is 0 Å². The van der Waals surface area contributed by atoms with Crippen molar-refractivity contribution in [3.8, 4) is 0 Å². The van der Waals surface area contributed by atoms with Crippen LogP contribution in [0.2, 0.25) is 0 Å². The predicted octanol–water partition coefficient (Wildman–Crippen LogP) is 3.35. The molecule has 0 aromatic carbocycles. The number of anilines is 2. The Morgan fingerprint density at radius 1 is 1.33 bits per heavy atom. The molecule has 1 saturated heterocycles. The first-order valence-electron chi connectivity index (χ1n) is 8.20. The summed E-state index contributed by atoms with van der Waals surface area (Å²) in [5.74, 6) is 8.64. The van der Waals surface area contributed by atoms with Crippen molar-refractivity contribution in [3.05, 3.63) is 11.4 Å². The monoisotopic (exact) mass is 291 g/mol. The van der Waals surface area contributed by atoms with Crippen molar-refractivity contribution in [1.29, 1.82) is 0 Å². The van der Waals surface area contributed by atoms with Gasteiger partial charge >= 0.3 is 0 Å². The zero-order valence-corrected chi connectivity index (χ0v) is 13.8. The normalized spacial score (nSPS) is 19.1. The number of aromatic nitrogens is 2. The van der Waals surface area contributed by atoms with Gasteiger partial charge in [-0.25, -0.2) is 15.8 Å². The first-order chi connectivity index (χ1) is 10.1. The molecule has 0 saturated carbocycles. The molecule has 0 spiro atoms. The maximum Gasteiger partial charge on any atom is 0.148 e. The van der Waals surface area contributed by atoms with Gasteiger partial charge in [0.05, 0.1) is 0 Å². The molecule has 21 heavy (non-hydrogen) atoms. The summed E-state index contributed by atoms with van der Waals surface area (Å²) >= 11 is 0. The van der Waals surface area contributed by atoms with Gasteiger partial charge in [0.1, 0.15) is 17.5 Å². The van der Waals surface area contributed by atoms with Crippen molar-refractivity contribution in [3.63, 3.8) is 0 Å². The third kappa shape index (κ3) is 3.46. The maximum atomic E-state index is 5.65. The molecule has 118 valence electrons. The summed E-state index contributed by atoms with van der Waals surface area (Å²) in [5.41, 5.74) is 3.80. The zero-order chi connectivity index (χ0) is 15.4. The molecule has 1 aromatic heterocycles. The average Bonchev–Trinajstić information content (AvgIpc) is 2.48. The molecule has 2 heterocycles. The Bertz CT molecular complexity index is 470. The Kier molecular flexibility index (Phi) is 5.39. The average molecular weight is 291 g/mol. The first-order valence-corrected chi connectivity index (χ1v) is 8.20. The van der Waals surface area contributed by atoms with E-state index in [9.17, 15) is 0 Å². The molecular formula is C16H29N5. The summed E-state index contributed by atoms with van der Waals surface area (Å²) in [6, 6.07) is 0.600. The van der Waals surface area contributed by atoms with Crippen LogP contribution in [-0.2, 0) is 0 Å². The molecule has 3 N–H and O–H groups in total. The summed E-state index contributed by atoms with van der Waals surface area (Å²) in [6.45, 7) is 9.64. The smallest absolute Gasteiger partial charge is 0.148 e. The lowest BCUT2D eigenvalue weighted by atomic mass is 9.97. The van der Waals surface area contributed by atoms with E-state index in [1.165, 1.54) is 32.1 Å². The Morgan fingerprint density at radius 3 is 2.71 bits per heavy atom. The third-order valence-corrected chi connectivity index (χ3v) is 4.31. The van der Waals surface area contributed by atoms with Crippen molar-refractivity contribution in [2.45, 2.75) is 71.8 Å². The molecule has 1 aliphatic heterocycles. The van der Waals surface area contributed by atoms with E-state index in [4.69, 9.17) is 10.8 Å². The number of hydrogen-bond acceptors (Lipinski definition) is 5. The van der Waals surface area contributed by atoms with E-state index < -0.39 is 0 Å². The highest BCUT2D eigenvalue weighted by atomic mass is 15.3. The number of piperidine rings is 1. The van der Waals surface area contributed by atoms with Crippen molar-refractivity contribution in [1.82, 2.24) is 9.97 Å². The second-order valence-electron chi connectivity index (χ2n) is 6.31. The lowest BCUT2D eigenvalue weighted by Gasteiger charge is -2.38. The lowest BCUT2D eigenvalue weighted by Crippen LogP contribution is -2.41. The van der Waals surface area contributed by atoms with Gasteiger partial charge in [-0.1, -0.05) is 27.2 Å². The van der Waals surface area contributed by atoms with Crippen LogP contribution in [0.3, 0.4) is 0 Å². The quantitative estimate of drug-likeness (QED) is 0.643. The van der Waals surface area contributed by atoms with Crippen molar-refractivity contribution >= 4 is 11.6 Å². The molecule has 1 unspecified atom stereocenters. The number of nitrogens with zero attached hydrogens (tertiary/aromatic N) is 3. The van der Waals surface area contributed by atoms with Crippen LogP contribution in [0, 0.1) is 6.92 Å². The maximum absolute atomic E-state index is 5.65. The van der Waals surface area contributed by atoms with Gasteiger partial charge in [-0.2, -0.15) is 0 Å². The topological polar surface area (TPSA) is 67.1 Å². The van der Waals surface area contributed by atoms with Gasteiger partial charge < -0.3 is 10.3 Å². The fraction of sp³-hybridized carbons (Fsp3) is 0.750. The number of nitrogens with two attached hydrogens (primary N) is 1. The van der Waals surface area contributed by atoms with Gasteiger partial charge in [-0.3, -0.25) is 0 Å². The van der Waals surface area contributed by atoms with Crippen molar-refractivity contribution in [2.24, 2.45) is 5.84 Å². The summed E-state index contributed by atoms with van der Waals surface area (Å²) in [6.07, 6.45) is 6.27. The molecule has 1 atom stereocenters. The predicted molar refractivity (Wildman–Crippen MR) is 88.6 cm³/mol. The number of hydrogen-bond donors (Lipinski definition) is 2. The minimum Gasteiger partial charge on any atom is -0.353 e. The van der Waals surface area contributed by atoms with Gasteiger partial charge in [-0.05, 0) is 32.6 Å². The first kappa shape index (κ1) is 16.0. The van der Waals surface area contributed by atoms with Crippen LogP contribution in [0.1, 0.15) is 70.2 Å². The van der Waals surface area contributed by atoms with E-state index >= 15 is 0 Å². The largest absolute Gasteiger partial charge is 0.353 e. The Balaban J connectivity index is 2.42. The number of nitrogens with one attached hydrogen (secondary N) is 1. The van der Waals surface area contributed by atoms with Crippen LogP contribution in [0.4, 0.5) is 11.6 Å². The highest BCUT2D eigenvalue weighted by Gasteiger charge is 2.26. The number of hydrazine groups is 1. The van der Waals surface area contributed by atoms with Crippen LogP contribution in [-0.4, -0.2) is 22.6 Å². The summed E-state index contributed by atoms with van der Waals surface area (Å²) in [7, 11) is 0. The summed E-state index contributed by atoms with van der Waals surface area (Å²) < 4.78 is 0. The molecule has 5 heteroatoms. The standard InChI is InChI=1S/C16H29N5/c1-5-8-13-9-6-7-10-21(13)16-12(4)15(20-17)18-14(19-16)11(2)3/h11,13H,5-10,17H2,1-4H3,(H,18,19,20). The SMILES string of the molecule is CCCC1CCCCN1c1nc(C(C)C)nc(NN)c1C. The summed E-state index contributed by atoms with van der Waals surface area (Å²) in [4.78, 5) is 11.9. The molecule has 1 aliphatic rings. The molecule has 1 aromatic rings. The molecule has 1 fully saturated rings.